The van der Waals surface area contributed by atoms with Crippen LogP contribution in [0.3, 0.4) is 0 Å². The molecule has 0 aromatic heterocycles. The molecule has 0 aromatic rings. The molecule has 0 spiro atoms. The molecule has 1 N–H and O–H groups in total. The molecule has 1 fully saturated rings. The van der Waals surface area contributed by atoms with Gasteiger partial charge in [-0.15, -0.1) is 0 Å². The third-order valence-electron chi connectivity index (χ3n) is 2.81. The number of likely N-dealkylation sites (tertiary alicyclic amines) is 1. The Morgan fingerprint density at radius 1 is 1.50 bits per heavy atom. The number of nitrogens with zero attached hydrogens (tertiary/aromatic N) is 1. The van der Waals surface area contributed by atoms with Crippen LogP contribution >= 0.6 is 0 Å². The summed E-state index contributed by atoms with van der Waals surface area (Å²) < 4.78 is 0. The Morgan fingerprint density at radius 2 is 2.14 bits per heavy atom. The van der Waals surface area contributed by atoms with Crippen LogP contribution in [-0.2, 0) is 4.79 Å². The molecule has 82 valence electrons. The third-order valence-corrected chi connectivity index (χ3v) is 2.81. The minimum absolute atomic E-state index is 0.0691. The lowest BCUT2D eigenvalue weighted by atomic mass is 9.90. The molecular formula is C11H21NO2. The van der Waals surface area contributed by atoms with Crippen molar-refractivity contribution < 1.29 is 9.90 Å². The van der Waals surface area contributed by atoms with Gasteiger partial charge in [-0.2, -0.15) is 0 Å². The molecule has 14 heavy (non-hydrogen) atoms. The van der Waals surface area contributed by atoms with E-state index in [4.69, 9.17) is 5.11 Å². The number of hydrogen-bond donors (Lipinski definition) is 1. The smallest absolute Gasteiger partial charge is 0.225 e. The summed E-state index contributed by atoms with van der Waals surface area (Å²) in [5.41, 5.74) is 0. The zero-order chi connectivity index (χ0) is 10.7. The summed E-state index contributed by atoms with van der Waals surface area (Å²) in [5.74, 6) is 1.08. The summed E-state index contributed by atoms with van der Waals surface area (Å²) >= 11 is 0. The first-order valence-corrected chi connectivity index (χ1v) is 5.44. The van der Waals surface area contributed by atoms with Gasteiger partial charge in [-0.3, -0.25) is 4.79 Å². The molecular weight excluding hydrogens is 178 g/mol. The van der Waals surface area contributed by atoms with Crippen molar-refractivity contribution in [3.63, 3.8) is 0 Å². The summed E-state index contributed by atoms with van der Waals surface area (Å²) in [4.78, 5) is 13.7. The lowest BCUT2D eigenvalue weighted by Gasteiger charge is -2.36. The Balaban J connectivity index is 2.57. The lowest BCUT2D eigenvalue weighted by molar-refractivity contribution is -0.137. The Morgan fingerprint density at radius 3 is 2.64 bits per heavy atom. The van der Waals surface area contributed by atoms with Gasteiger partial charge < -0.3 is 10.0 Å². The highest BCUT2D eigenvalue weighted by molar-refractivity contribution is 5.78. The first kappa shape index (κ1) is 11.5. The molecule has 0 aromatic carbocycles. The monoisotopic (exact) mass is 199 g/mol. The van der Waals surface area contributed by atoms with Crippen LogP contribution in [0.4, 0.5) is 0 Å². The number of rotatable bonds is 2. The van der Waals surface area contributed by atoms with Gasteiger partial charge in [0.25, 0.3) is 0 Å². The fourth-order valence-corrected chi connectivity index (χ4v) is 2.16. The molecule has 0 bridgehead atoms. The van der Waals surface area contributed by atoms with Gasteiger partial charge in [0.2, 0.25) is 5.91 Å². The van der Waals surface area contributed by atoms with Crippen molar-refractivity contribution >= 4 is 5.91 Å². The van der Waals surface area contributed by atoms with Crippen LogP contribution in [0.25, 0.3) is 0 Å². The van der Waals surface area contributed by atoms with Gasteiger partial charge in [-0.05, 0) is 18.3 Å². The fraction of sp³-hybridized carbons (Fsp3) is 0.909. The fourth-order valence-electron chi connectivity index (χ4n) is 2.16. The van der Waals surface area contributed by atoms with Crippen LogP contribution in [0, 0.1) is 17.8 Å². The van der Waals surface area contributed by atoms with Crippen LogP contribution in [0.15, 0.2) is 0 Å². The van der Waals surface area contributed by atoms with Crippen molar-refractivity contribution in [3.8, 4) is 0 Å². The lowest BCUT2D eigenvalue weighted by Crippen LogP contribution is -2.45. The number of aliphatic hydroxyl groups excluding tert-OH is 1. The molecule has 2 unspecified atom stereocenters. The number of carbonyl (C=O) groups is 1. The van der Waals surface area contributed by atoms with E-state index in [0.29, 0.717) is 5.92 Å². The van der Waals surface area contributed by atoms with Crippen molar-refractivity contribution in [2.45, 2.75) is 27.2 Å². The van der Waals surface area contributed by atoms with E-state index in [1.54, 1.807) is 0 Å². The Bertz CT molecular complexity index is 203. The van der Waals surface area contributed by atoms with E-state index in [1.165, 1.54) is 0 Å². The molecule has 0 saturated carbocycles. The number of carbonyl (C=O) groups excluding carboxylic acids is 1. The summed E-state index contributed by atoms with van der Waals surface area (Å²) in [6.07, 6.45) is 1.04. The van der Waals surface area contributed by atoms with Gasteiger partial charge in [0, 0.05) is 25.6 Å². The van der Waals surface area contributed by atoms with Crippen molar-refractivity contribution in [1.29, 1.82) is 0 Å². The summed E-state index contributed by atoms with van der Waals surface area (Å²) in [6, 6.07) is 0. The average Bonchev–Trinajstić information content (AvgIpc) is 2.15. The van der Waals surface area contributed by atoms with E-state index in [2.05, 4.69) is 6.92 Å². The highest BCUT2D eigenvalue weighted by atomic mass is 16.3. The largest absolute Gasteiger partial charge is 0.396 e. The summed E-state index contributed by atoms with van der Waals surface area (Å²) in [6.45, 7) is 7.78. The SMILES string of the molecule is CC1CC(CO)CN(C(=O)C(C)C)C1. The normalized spacial score (nSPS) is 28.2. The van der Waals surface area contributed by atoms with Crippen LogP contribution in [0.1, 0.15) is 27.2 Å². The van der Waals surface area contributed by atoms with E-state index in [0.717, 1.165) is 19.5 Å². The van der Waals surface area contributed by atoms with Crippen LogP contribution in [0.5, 0.6) is 0 Å². The van der Waals surface area contributed by atoms with Gasteiger partial charge in [0.1, 0.15) is 0 Å². The van der Waals surface area contributed by atoms with E-state index in [9.17, 15) is 4.79 Å². The van der Waals surface area contributed by atoms with Crippen molar-refractivity contribution in [2.75, 3.05) is 19.7 Å². The van der Waals surface area contributed by atoms with E-state index >= 15 is 0 Å². The molecule has 0 aliphatic carbocycles. The van der Waals surface area contributed by atoms with Gasteiger partial charge in [0.05, 0.1) is 0 Å². The molecule has 1 aliphatic rings. The molecule has 3 nitrogen and oxygen atoms in total. The van der Waals surface area contributed by atoms with Crippen molar-refractivity contribution in [1.82, 2.24) is 4.90 Å². The zero-order valence-corrected chi connectivity index (χ0v) is 9.36. The highest BCUT2D eigenvalue weighted by Gasteiger charge is 2.28. The second-order valence-corrected chi connectivity index (χ2v) is 4.79. The zero-order valence-electron chi connectivity index (χ0n) is 9.36. The molecule has 1 amide bonds. The molecule has 2 atom stereocenters. The molecule has 3 heteroatoms. The molecule has 0 radical (unpaired) electrons. The Labute approximate surface area is 86.1 Å². The maximum atomic E-state index is 11.7. The third kappa shape index (κ3) is 2.71. The predicted molar refractivity (Wildman–Crippen MR) is 55.8 cm³/mol. The van der Waals surface area contributed by atoms with Crippen LogP contribution in [0.2, 0.25) is 0 Å². The molecule has 1 heterocycles. The van der Waals surface area contributed by atoms with Gasteiger partial charge in [0.15, 0.2) is 0 Å². The summed E-state index contributed by atoms with van der Waals surface area (Å²) in [7, 11) is 0. The number of amides is 1. The first-order valence-electron chi connectivity index (χ1n) is 5.44. The van der Waals surface area contributed by atoms with Crippen molar-refractivity contribution in [2.24, 2.45) is 17.8 Å². The quantitative estimate of drug-likeness (QED) is 0.724. The minimum atomic E-state index is 0.0691. The molecule has 1 rings (SSSR count). The number of hydrogen-bond acceptors (Lipinski definition) is 2. The minimum Gasteiger partial charge on any atom is -0.396 e. The van der Waals surface area contributed by atoms with Gasteiger partial charge >= 0.3 is 0 Å². The highest BCUT2D eigenvalue weighted by Crippen LogP contribution is 2.22. The topological polar surface area (TPSA) is 40.5 Å². The molecule has 1 saturated heterocycles. The van der Waals surface area contributed by atoms with E-state index < -0.39 is 0 Å². The second kappa shape index (κ2) is 4.78. The predicted octanol–water partition coefficient (Wildman–Crippen LogP) is 1.12. The number of piperidine rings is 1. The van der Waals surface area contributed by atoms with Gasteiger partial charge in [-0.25, -0.2) is 0 Å². The number of aliphatic hydroxyl groups is 1. The maximum absolute atomic E-state index is 11.7. The van der Waals surface area contributed by atoms with Gasteiger partial charge in [-0.1, -0.05) is 20.8 Å². The Kier molecular flexibility index (Phi) is 3.93. The summed E-state index contributed by atoms with van der Waals surface area (Å²) in [5, 5.41) is 9.11. The van der Waals surface area contributed by atoms with E-state index in [1.807, 2.05) is 18.7 Å². The van der Waals surface area contributed by atoms with E-state index in [-0.39, 0.29) is 24.3 Å². The first-order chi connectivity index (χ1) is 6.54. The standard InChI is InChI=1S/C11H21NO2/c1-8(2)11(14)12-5-9(3)4-10(6-12)7-13/h8-10,13H,4-7H2,1-3H3. The van der Waals surface area contributed by atoms with Crippen molar-refractivity contribution in [3.05, 3.63) is 0 Å². The second-order valence-electron chi connectivity index (χ2n) is 4.79. The van der Waals surface area contributed by atoms with Crippen LogP contribution < -0.4 is 0 Å². The maximum Gasteiger partial charge on any atom is 0.225 e. The molecule has 1 aliphatic heterocycles. The average molecular weight is 199 g/mol. The van der Waals surface area contributed by atoms with Crippen LogP contribution in [-0.4, -0.2) is 35.6 Å². The Hall–Kier alpha value is -0.570.